The quantitative estimate of drug-likeness (QED) is 0.767. The summed E-state index contributed by atoms with van der Waals surface area (Å²) in [6.45, 7) is 4.90. The summed E-state index contributed by atoms with van der Waals surface area (Å²) >= 11 is 0. The Kier molecular flexibility index (Phi) is 5.10. The van der Waals surface area contributed by atoms with E-state index in [1.165, 1.54) is 17.5 Å². The van der Waals surface area contributed by atoms with Gasteiger partial charge in [-0.05, 0) is 36.1 Å². The van der Waals surface area contributed by atoms with Gasteiger partial charge in [-0.1, -0.05) is 43.7 Å². The molecule has 0 aliphatic heterocycles. The van der Waals surface area contributed by atoms with Crippen molar-refractivity contribution in [2.75, 3.05) is 0 Å². The zero-order valence-electron chi connectivity index (χ0n) is 11.7. The molecule has 2 heteroatoms. The highest BCUT2D eigenvalue weighted by molar-refractivity contribution is 5.22. The summed E-state index contributed by atoms with van der Waals surface area (Å²) in [5.74, 6) is 0. The summed E-state index contributed by atoms with van der Waals surface area (Å²) < 4.78 is 5.87. The zero-order valence-corrected chi connectivity index (χ0v) is 11.7. The lowest BCUT2D eigenvalue weighted by atomic mass is 10.1. The fourth-order valence-corrected chi connectivity index (χ4v) is 2.02. The lowest BCUT2D eigenvalue weighted by molar-refractivity contribution is 0.0523. The second-order valence-corrected chi connectivity index (χ2v) is 4.81. The fourth-order valence-electron chi connectivity index (χ4n) is 2.02. The molecule has 0 saturated carbocycles. The van der Waals surface area contributed by atoms with Crippen LogP contribution in [0.2, 0.25) is 0 Å². The minimum Gasteiger partial charge on any atom is -0.369 e. The molecule has 0 bridgehead atoms. The van der Waals surface area contributed by atoms with Gasteiger partial charge in [0.15, 0.2) is 0 Å². The summed E-state index contributed by atoms with van der Waals surface area (Å²) in [5.41, 5.74) is 3.73. The van der Waals surface area contributed by atoms with Crippen LogP contribution in [0.5, 0.6) is 0 Å². The molecule has 1 heterocycles. The lowest BCUT2D eigenvalue weighted by Crippen LogP contribution is -2.00. The Morgan fingerprint density at radius 3 is 2.47 bits per heavy atom. The molecule has 2 nitrogen and oxygen atoms in total. The highest BCUT2D eigenvalue weighted by atomic mass is 16.5. The van der Waals surface area contributed by atoms with Crippen LogP contribution in [0.25, 0.3) is 0 Å². The number of aryl methyl sites for hydroxylation is 1. The summed E-state index contributed by atoms with van der Waals surface area (Å²) in [4.78, 5) is 4.11. The first-order chi connectivity index (χ1) is 9.29. The maximum atomic E-state index is 5.87. The van der Waals surface area contributed by atoms with E-state index in [1.807, 2.05) is 18.3 Å². The van der Waals surface area contributed by atoms with Crippen LogP contribution in [0, 0.1) is 0 Å². The van der Waals surface area contributed by atoms with E-state index in [9.17, 15) is 0 Å². The van der Waals surface area contributed by atoms with Crippen LogP contribution in [0.3, 0.4) is 0 Å². The monoisotopic (exact) mass is 255 g/mol. The average molecular weight is 255 g/mol. The third kappa shape index (κ3) is 4.18. The Balaban J connectivity index is 1.88. The van der Waals surface area contributed by atoms with Crippen LogP contribution in [0.4, 0.5) is 0 Å². The third-order valence-corrected chi connectivity index (χ3v) is 3.22. The molecule has 1 aromatic carbocycles. The van der Waals surface area contributed by atoms with E-state index in [2.05, 4.69) is 43.1 Å². The Hall–Kier alpha value is -1.67. The first kappa shape index (κ1) is 13.8. The molecule has 0 amide bonds. The number of ether oxygens (including phenoxy) is 1. The van der Waals surface area contributed by atoms with Crippen molar-refractivity contribution in [2.24, 2.45) is 0 Å². The van der Waals surface area contributed by atoms with Crippen molar-refractivity contribution >= 4 is 0 Å². The van der Waals surface area contributed by atoms with E-state index < -0.39 is 0 Å². The normalized spacial score (nSPS) is 12.3. The molecule has 0 aliphatic rings. The smallest absolute Gasteiger partial charge is 0.0816 e. The van der Waals surface area contributed by atoms with Gasteiger partial charge in [0.2, 0.25) is 0 Å². The Morgan fingerprint density at radius 1 is 1.11 bits per heavy atom. The van der Waals surface area contributed by atoms with Gasteiger partial charge in [-0.25, -0.2) is 0 Å². The maximum absolute atomic E-state index is 5.87. The number of benzene rings is 1. The number of hydrogen-bond acceptors (Lipinski definition) is 2. The topological polar surface area (TPSA) is 22.1 Å². The molecule has 100 valence electrons. The molecule has 1 unspecified atom stereocenters. The van der Waals surface area contributed by atoms with Crippen molar-refractivity contribution in [3.05, 3.63) is 65.5 Å². The van der Waals surface area contributed by atoms with E-state index >= 15 is 0 Å². The first-order valence-corrected chi connectivity index (χ1v) is 6.89. The van der Waals surface area contributed by atoms with Crippen LogP contribution in [-0.2, 0) is 17.8 Å². The molecular weight excluding hydrogens is 234 g/mol. The van der Waals surface area contributed by atoms with Gasteiger partial charge in [-0.15, -0.1) is 0 Å². The van der Waals surface area contributed by atoms with E-state index in [0.29, 0.717) is 6.61 Å². The zero-order chi connectivity index (χ0) is 13.5. The Bertz CT molecular complexity index is 478. The number of hydrogen-bond donors (Lipinski definition) is 0. The molecule has 0 aliphatic carbocycles. The predicted molar refractivity (Wildman–Crippen MR) is 77.9 cm³/mol. The lowest BCUT2D eigenvalue weighted by Gasteiger charge is -2.13. The van der Waals surface area contributed by atoms with Gasteiger partial charge in [0.25, 0.3) is 0 Å². The molecule has 0 fully saturated rings. The molecular formula is C17H21NO. The van der Waals surface area contributed by atoms with Gasteiger partial charge < -0.3 is 4.74 Å². The SMILES string of the molecule is CCCc1ccc(COC(C)c2cccnc2)cc1. The first-order valence-electron chi connectivity index (χ1n) is 6.89. The van der Waals surface area contributed by atoms with E-state index in [-0.39, 0.29) is 6.10 Å². The van der Waals surface area contributed by atoms with Crippen LogP contribution in [-0.4, -0.2) is 4.98 Å². The summed E-state index contributed by atoms with van der Waals surface area (Å²) in [7, 11) is 0. The van der Waals surface area contributed by atoms with Gasteiger partial charge in [0.1, 0.15) is 0 Å². The molecule has 0 radical (unpaired) electrons. The molecule has 0 saturated heterocycles. The average Bonchev–Trinajstić information content (AvgIpc) is 2.47. The molecule has 0 N–H and O–H groups in total. The Morgan fingerprint density at radius 2 is 1.84 bits per heavy atom. The second-order valence-electron chi connectivity index (χ2n) is 4.81. The van der Waals surface area contributed by atoms with Crippen molar-refractivity contribution in [1.29, 1.82) is 0 Å². The summed E-state index contributed by atoms with van der Waals surface area (Å²) in [6.07, 6.45) is 6.04. The fraction of sp³-hybridized carbons (Fsp3) is 0.353. The van der Waals surface area contributed by atoms with Crippen molar-refractivity contribution in [3.8, 4) is 0 Å². The number of nitrogens with zero attached hydrogens (tertiary/aromatic N) is 1. The van der Waals surface area contributed by atoms with Crippen molar-refractivity contribution in [1.82, 2.24) is 4.98 Å². The number of pyridine rings is 1. The highest BCUT2D eigenvalue weighted by Gasteiger charge is 2.05. The van der Waals surface area contributed by atoms with Crippen molar-refractivity contribution in [3.63, 3.8) is 0 Å². The van der Waals surface area contributed by atoms with E-state index in [0.717, 1.165) is 12.0 Å². The Labute approximate surface area is 115 Å². The summed E-state index contributed by atoms with van der Waals surface area (Å²) in [5, 5.41) is 0. The van der Waals surface area contributed by atoms with Crippen molar-refractivity contribution < 1.29 is 4.74 Å². The molecule has 2 rings (SSSR count). The molecule has 1 atom stereocenters. The summed E-state index contributed by atoms with van der Waals surface area (Å²) in [6, 6.07) is 12.7. The minimum atomic E-state index is 0.0732. The van der Waals surface area contributed by atoms with Gasteiger partial charge in [0, 0.05) is 12.4 Å². The standard InChI is InChI=1S/C17H21NO/c1-3-5-15-7-9-16(10-8-15)13-19-14(2)17-6-4-11-18-12-17/h4,6-12,14H,3,5,13H2,1-2H3. The second kappa shape index (κ2) is 7.05. The molecule has 19 heavy (non-hydrogen) atoms. The van der Waals surface area contributed by atoms with E-state index in [1.54, 1.807) is 6.20 Å². The molecule has 2 aromatic rings. The third-order valence-electron chi connectivity index (χ3n) is 3.22. The number of aromatic nitrogens is 1. The largest absolute Gasteiger partial charge is 0.369 e. The van der Waals surface area contributed by atoms with E-state index in [4.69, 9.17) is 4.74 Å². The van der Waals surface area contributed by atoms with Crippen LogP contribution in [0.15, 0.2) is 48.8 Å². The van der Waals surface area contributed by atoms with Crippen LogP contribution in [0.1, 0.15) is 43.1 Å². The van der Waals surface area contributed by atoms with Crippen LogP contribution < -0.4 is 0 Å². The predicted octanol–water partition coefficient (Wildman–Crippen LogP) is 4.31. The van der Waals surface area contributed by atoms with Gasteiger partial charge in [0.05, 0.1) is 12.7 Å². The molecule has 1 aromatic heterocycles. The van der Waals surface area contributed by atoms with Crippen molar-refractivity contribution in [2.45, 2.75) is 39.4 Å². The van der Waals surface area contributed by atoms with Gasteiger partial charge in [-0.3, -0.25) is 4.98 Å². The van der Waals surface area contributed by atoms with Crippen LogP contribution >= 0.6 is 0 Å². The number of rotatable bonds is 6. The maximum Gasteiger partial charge on any atom is 0.0816 e. The minimum absolute atomic E-state index is 0.0732. The van der Waals surface area contributed by atoms with Gasteiger partial charge in [-0.2, -0.15) is 0 Å². The van der Waals surface area contributed by atoms with Gasteiger partial charge >= 0.3 is 0 Å². The molecule has 0 spiro atoms. The highest BCUT2D eigenvalue weighted by Crippen LogP contribution is 2.17.